The number of nitro groups is 1. The van der Waals surface area contributed by atoms with Crippen molar-refractivity contribution in [2.24, 2.45) is 5.73 Å². The zero-order valence-electron chi connectivity index (χ0n) is 7.01. The third-order valence-electron chi connectivity index (χ3n) is 2.46. The minimum absolute atomic E-state index is 0.295. The number of benzene rings is 1. The molecule has 2 unspecified atom stereocenters. The highest BCUT2D eigenvalue weighted by atomic mass is 16.6. The Hall–Kier alpha value is -1.42. The van der Waals surface area contributed by atoms with Crippen LogP contribution in [0.1, 0.15) is 17.2 Å². The van der Waals surface area contributed by atoms with E-state index in [1.165, 1.54) is 0 Å². The van der Waals surface area contributed by atoms with Gasteiger partial charge in [-0.25, -0.2) is 0 Å². The standard InChI is InChI=1S/C9H10N2O2/c10-8-5-6-3-1-2-4-7(6)9(8)11(12)13/h1-4,8-9H,5,10H2. The fourth-order valence-corrected chi connectivity index (χ4v) is 1.87. The summed E-state index contributed by atoms with van der Waals surface area (Å²) in [5.41, 5.74) is 7.48. The molecule has 0 radical (unpaired) electrons. The fourth-order valence-electron chi connectivity index (χ4n) is 1.87. The van der Waals surface area contributed by atoms with Crippen molar-refractivity contribution in [3.8, 4) is 0 Å². The smallest absolute Gasteiger partial charge is 0.253 e. The highest BCUT2D eigenvalue weighted by Crippen LogP contribution is 2.32. The van der Waals surface area contributed by atoms with E-state index in [1.807, 2.05) is 18.2 Å². The van der Waals surface area contributed by atoms with E-state index in [4.69, 9.17) is 5.73 Å². The van der Waals surface area contributed by atoms with Gasteiger partial charge in [0.15, 0.2) is 0 Å². The molecular weight excluding hydrogens is 168 g/mol. The molecule has 1 aliphatic carbocycles. The first kappa shape index (κ1) is 8.19. The first-order valence-electron chi connectivity index (χ1n) is 4.17. The summed E-state index contributed by atoms with van der Waals surface area (Å²) in [5, 5.41) is 10.7. The molecule has 2 rings (SSSR count). The maximum Gasteiger partial charge on any atom is 0.253 e. The van der Waals surface area contributed by atoms with E-state index in [2.05, 4.69) is 0 Å². The summed E-state index contributed by atoms with van der Waals surface area (Å²) < 4.78 is 0. The maximum atomic E-state index is 10.7. The number of hydrogen-bond acceptors (Lipinski definition) is 3. The molecule has 13 heavy (non-hydrogen) atoms. The number of fused-ring (bicyclic) bond motifs is 1. The Labute approximate surface area is 75.5 Å². The second kappa shape index (κ2) is 2.81. The summed E-state index contributed by atoms with van der Waals surface area (Å²) in [6.45, 7) is 0. The summed E-state index contributed by atoms with van der Waals surface area (Å²) in [7, 11) is 0. The summed E-state index contributed by atoms with van der Waals surface area (Å²) >= 11 is 0. The highest BCUT2D eigenvalue weighted by Gasteiger charge is 2.38. The SMILES string of the molecule is NC1Cc2ccccc2C1[N+](=O)[O-]. The Bertz CT molecular complexity index is 351. The van der Waals surface area contributed by atoms with Crippen molar-refractivity contribution < 1.29 is 4.92 Å². The molecule has 1 aromatic carbocycles. The predicted molar refractivity (Wildman–Crippen MR) is 47.9 cm³/mol. The first-order chi connectivity index (χ1) is 6.20. The van der Waals surface area contributed by atoms with Gasteiger partial charge in [-0.3, -0.25) is 10.1 Å². The summed E-state index contributed by atoms with van der Waals surface area (Å²) in [4.78, 5) is 10.4. The van der Waals surface area contributed by atoms with Crippen molar-refractivity contribution in [2.45, 2.75) is 18.5 Å². The predicted octanol–water partition coefficient (Wildman–Crippen LogP) is 0.888. The number of hydrogen-bond donors (Lipinski definition) is 1. The zero-order chi connectivity index (χ0) is 9.42. The van der Waals surface area contributed by atoms with Gasteiger partial charge in [-0.1, -0.05) is 24.3 Å². The topological polar surface area (TPSA) is 69.2 Å². The van der Waals surface area contributed by atoms with Crippen LogP contribution in [0, 0.1) is 10.1 Å². The molecule has 1 aromatic rings. The molecule has 1 aliphatic rings. The molecule has 0 aromatic heterocycles. The molecule has 0 aliphatic heterocycles. The minimum atomic E-state index is -0.712. The molecule has 68 valence electrons. The molecule has 0 spiro atoms. The van der Waals surface area contributed by atoms with Gasteiger partial charge < -0.3 is 5.73 Å². The van der Waals surface area contributed by atoms with Crippen LogP contribution in [0.15, 0.2) is 24.3 Å². The molecule has 0 heterocycles. The van der Waals surface area contributed by atoms with Crippen molar-refractivity contribution in [3.05, 3.63) is 45.5 Å². The number of nitrogens with two attached hydrogens (primary N) is 1. The average Bonchev–Trinajstić information content (AvgIpc) is 2.39. The zero-order valence-corrected chi connectivity index (χ0v) is 7.01. The lowest BCUT2D eigenvalue weighted by molar-refractivity contribution is -0.530. The minimum Gasteiger partial charge on any atom is -0.321 e. The molecule has 0 bridgehead atoms. The normalized spacial score (nSPS) is 25.6. The lowest BCUT2D eigenvalue weighted by Gasteiger charge is -2.06. The molecule has 2 atom stereocenters. The monoisotopic (exact) mass is 178 g/mol. The van der Waals surface area contributed by atoms with Crippen LogP contribution in [-0.4, -0.2) is 11.0 Å². The Morgan fingerprint density at radius 3 is 2.85 bits per heavy atom. The lowest BCUT2D eigenvalue weighted by Crippen LogP contribution is -2.29. The largest absolute Gasteiger partial charge is 0.321 e. The number of rotatable bonds is 1. The Balaban J connectivity index is 2.46. The van der Waals surface area contributed by atoms with Gasteiger partial charge in [0.25, 0.3) is 6.04 Å². The van der Waals surface area contributed by atoms with E-state index in [0.29, 0.717) is 6.42 Å². The molecule has 0 amide bonds. The van der Waals surface area contributed by atoms with Crippen LogP contribution in [0.5, 0.6) is 0 Å². The highest BCUT2D eigenvalue weighted by molar-refractivity contribution is 5.35. The van der Waals surface area contributed by atoms with Gasteiger partial charge in [0.05, 0.1) is 6.04 Å². The van der Waals surface area contributed by atoms with Crippen LogP contribution >= 0.6 is 0 Å². The van der Waals surface area contributed by atoms with Crippen molar-refractivity contribution in [3.63, 3.8) is 0 Å². The fraction of sp³-hybridized carbons (Fsp3) is 0.333. The van der Waals surface area contributed by atoms with E-state index < -0.39 is 6.04 Å². The Morgan fingerprint density at radius 1 is 1.46 bits per heavy atom. The van der Waals surface area contributed by atoms with Crippen LogP contribution in [0.3, 0.4) is 0 Å². The van der Waals surface area contributed by atoms with Crippen molar-refractivity contribution in [2.75, 3.05) is 0 Å². The van der Waals surface area contributed by atoms with Crippen LogP contribution in [0.2, 0.25) is 0 Å². The van der Waals surface area contributed by atoms with Crippen molar-refractivity contribution in [1.29, 1.82) is 0 Å². The second-order valence-electron chi connectivity index (χ2n) is 3.30. The molecule has 4 heteroatoms. The van der Waals surface area contributed by atoms with Crippen LogP contribution in [0.25, 0.3) is 0 Å². The van der Waals surface area contributed by atoms with Crippen molar-refractivity contribution in [1.82, 2.24) is 0 Å². The summed E-state index contributed by atoms with van der Waals surface area (Å²) in [5.74, 6) is 0. The van der Waals surface area contributed by atoms with E-state index in [0.717, 1.165) is 11.1 Å². The van der Waals surface area contributed by atoms with Gasteiger partial charge >= 0.3 is 0 Å². The van der Waals surface area contributed by atoms with Gasteiger partial charge in [0.2, 0.25) is 0 Å². The van der Waals surface area contributed by atoms with Gasteiger partial charge in [-0.15, -0.1) is 0 Å². The average molecular weight is 178 g/mol. The molecule has 0 fully saturated rings. The van der Waals surface area contributed by atoms with Gasteiger partial charge in [0.1, 0.15) is 0 Å². The number of nitrogens with zero attached hydrogens (tertiary/aromatic N) is 1. The van der Waals surface area contributed by atoms with Crippen LogP contribution in [-0.2, 0) is 6.42 Å². The second-order valence-corrected chi connectivity index (χ2v) is 3.30. The quantitative estimate of drug-likeness (QED) is 0.512. The third-order valence-corrected chi connectivity index (χ3v) is 2.46. The van der Waals surface area contributed by atoms with E-state index in [9.17, 15) is 10.1 Å². The van der Waals surface area contributed by atoms with Crippen LogP contribution in [0.4, 0.5) is 0 Å². The van der Waals surface area contributed by atoms with E-state index in [-0.39, 0.29) is 11.0 Å². The van der Waals surface area contributed by atoms with Crippen LogP contribution < -0.4 is 5.73 Å². The first-order valence-corrected chi connectivity index (χ1v) is 4.17. The third kappa shape index (κ3) is 1.19. The van der Waals surface area contributed by atoms with Gasteiger partial charge in [0, 0.05) is 10.5 Å². The maximum absolute atomic E-state index is 10.7. The van der Waals surface area contributed by atoms with E-state index >= 15 is 0 Å². The van der Waals surface area contributed by atoms with E-state index in [1.54, 1.807) is 6.07 Å². The molecule has 0 saturated carbocycles. The van der Waals surface area contributed by atoms with Gasteiger partial charge in [-0.05, 0) is 12.0 Å². The lowest BCUT2D eigenvalue weighted by atomic mass is 10.1. The molecule has 2 N–H and O–H groups in total. The molecule has 0 saturated heterocycles. The van der Waals surface area contributed by atoms with Crippen molar-refractivity contribution >= 4 is 0 Å². The van der Waals surface area contributed by atoms with Gasteiger partial charge in [-0.2, -0.15) is 0 Å². The Morgan fingerprint density at radius 2 is 2.15 bits per heavy atom. The molecule has 4 nitrogen and oxygen atoms in total. The Kier molecular flexibility index (Phi) is 1.77. The summed E-state index contributed by atoms with van der Waals surface area (Å²) in [6.07, 6.45) is 0.613. The molecular formula is C9H10N2O2. The summed E-state index contributed by atoms with van der Waals surface area (Å²) in [6, 6.07) is 6.30.